The van der Waals surface area contributed by atoms with Gasteiger partial charge in [-0.05, 0) is 15.9 Å². The van der Waals surface area contributed by atoms with Gasteiger partial charge in [0, 0.05) is 38.0 Å². The van der Waals surface area contributed by atoms with E-state index in [9.17, 15) is 4.79 Å². The van der Waals surface area contributed by atoms with Crippen molar-refractivity contribution < 1.29 is 9.21 Å². The van der Waals surface area contributed by atoms with Gasteiger partial charge in [-0.2, -0.15) is 5.10 Å². The summed E-state index contributed by atoms with van der Waals surface area (Å²) in [5.41, 5.74) is 1.99. The number of halogens is 1. The number of anilines is 1. The lowest BCUT2D eigenvalue weighted by Crippen LogP contribution is -2.17. The third-order valence-corrected chi connectivity index (χ3v) is 3.45. The van der Waals surface area contributed by atoms with E-state index in [1.54, 1.807) is 36.1 Å². The third kappa shape index (κ3) is 2.52. The van der Waals surface area contributed by atoms with Crippen molar-refractivity contribution in [2.24, 2.45) is 7.05 Å². The van der Waals surface area contributed by atoms with Crippen molar-refractivity contribution in [3.8, 4) is 0 Å². The second kappa shape index (κ2) is 5.25. The van der Waals surface area contributed by atoms with Crippen LogP contribution in [0.5, 0.6) is 0 Å². The van der Waals surface area contributed by atoms with Crippen molar-refractivity contribution >= 4 is 38.8 Å². The molecular formula is C14H13BrN4O2. The highest BCUT2D eigenvalue weighted by Crippen LogP contribution is 2.27. The summed E-state index contributed by atoms with van der Waals surface area (Å²) >= 11 is 3.29. The lowest BCUT2D eigenvalue weighted by atomic mass is 10.4. The number of fused-ring (bicyclic) bond motifs is 1. The fourth-order valence-corrected chi connectivity index (χ4v) is 2.58. The normalized spacial score (nSPS) is 11.0. The van der Waals surface area contributed by atoms with Crippen LogP contribution in [0.15, 0.2) is 46.1 Å². The Hall–Kier alpha value is -2.28. The molecule has 0 aromatic carbocycles. The van der Waals surface area contributed by atoms with E-state index in [-0.39, 0.29) is 5.91 Å². The Kier molecular flexibility index (Phi) is 3.42. The number of hydrogen-bond donors (Lipinski definition) is 1. The van der Waals surface area contributed by atoms with Gasteiger partial charge in [-0.15, -0.1) is 6.58 Å². The molecule has 0 aliphatic carbocycles. The number of furan rings is 1. The number of hydrogen-bond acceptors (Lipinski definition) is 3. The zero-order chi connectivity index (χ0) is 15.0. The molecule has 0 spiro atoms. The maximum absolute atomic E-state index is 12.4. The predicted octanol–water partition coefficient (Wildman–Crippen LogP) is 3.17. The predicted molar refractivity (Wildman–Crippen MR) is 83.3 cm³/mol. The van der Waals surface area contributed by atoms with Crippen LogP contribution in [-0.2, 0) is 13.6 Å². The Balaban J connectivity index is 1.98. The van der Waals surface area contributed by atoms with Crippen LogP contribution in [0.4, 0.5) is 5.82 Å². The molecule has 0 saturated carbocycles. The number of amides is 1. The van der Waals surface area contributed by atoms with Crippen LogP contribution < -0.4 is 5.32 Å². The molecule has 3 rings (SSSR count). The minimum Gasteiger partial charge on any atom is -0.448 e. The molecule has 3 aromatic rings. The van der Waals surface area contributed by atoms with Crippen LogP contribution in [0.1, 0.15) is 10.5 Å². The summed E-state index contributed by atoms with van der Waals surface area (Å²) in [7, 11) is 1.79. The SMILES string of the molecule is C=CCn1c(C(=O)Nc2ccn(C)n2)cc2oc(Br)cc21. The Morgan fingerprint density at radius 1 is 1.57 bits per heavy atom. The van der Waals surface area contributed by atoms with Crippen LogP contribution in [-0.4, -0.2) is 20.3 Å². The molecule has 0 bridgehead atoms. The monoisotopic (exact) mass is 348 g/mol. The molecule has 3 heterocycles. The highest BCUT2D eigenvalue weighted by Gasteiger charge is 2.18. The van der Waals surface area contributed by atoms with Crippen molar-refractivity contribution in [1.82, 2.24) is 14.3 Å². The molecule has 0 unspecified atom stereocenters. The average Bonchev–Trinajstić information content (AvgIpc) is 3.07. The summed E-state index contributed by atoms with van der Waals surface area (Å²) in [6, 6.07) is 5.28. The lowest BCUT2D eigenvalue weighted by molar-refractivity contribution is 0.101. The second-order valence-corrected chi connectivity index (χ2v) is 5.34. The van der Waals surface area contributed by atoms with Gasteiger partial charge in [0.15, 0.2) is 16.1 Å². The number of nitrogens with zero attached hydrogens (tertiary/aromatic N) is 3. The van der Waals surface area contributed by atoms with Crippen LogP contribution in [0, 0.1) is 0 Å². The molecule has 1 amide bonds. The molecule has 6 nitrogen and oxygen atoms in total. The summed E-state index contributed by atoms with van der Waals surface area (Å²) in [5, 5.41) is 6.90. The summed E-state index contributed by atoms with van der Waals surface area (Å²) in [6.07, 6.45) is 3.50. The molecule has 7 heteroatoms. The van der Waals surface area contributed by atoms with E-state index in [1.807, 2.05) is 10.6 Å². The van der Waals surface area contributed by atoms with Gasteiger partial charge in [-0.3, -0.25) is 9.48 Å². The summed E-state index contributed by atoms with van der Waals surface area (Å²) in [5.74, 6) is 0.268. The fourth-order valence-electron chi connectivity index (χ4n) is 2.19. The number of aromatic nitrogens is 3. The van der Waals surface area contributed by atoms with Gasteiger partial charge in [-0.1, -0.05) is 6.08 Å². The maximum Gasteiger partial charge on any atom is 0.273 e. The van der Waals surface area contributed by atoms with Gasteiger partial charge in [0.2, 0.25) is 0 Å². The summed E-state index contributed by atoms with van der Waals surface area (Å²) < 4.78 is 9.60. The quantitative estimate of drug-likeness (QED) is 0.736. The van der Waals surface area contributed by atoms with Crippen molar-refractivity contribution in [3.63, 3.8) is 0 Å². The van der Waals surface area contributed by atoms with E-state index < -0.39 is 0 Å². The van der Waals surface area contributed by atoms with Crippen molar-refractivity contribution in [1.29, 1.82) is 0 Å². The van der Waals surface area contributed by atoms with E-state index in [0.29, 0.717) is 28.3 Å². The maximum atomic E-state index is 12.4. The smallest absolute Gasteiger partial charge is 0.273 e. The average molecular weight is 349 g/mol. The van der Waals surface area contributed by atoms with E-state index >= 15 is 0 Å². The molecule has 0 fully saturated rings. The number of carbonyl (C=O) groups is 1. The molecule has 0 radical (unpaired) electrons. The first-order valence-corrected chi connectivity index (χ1v) is 7.08. The van der Waals surface area contributed by atoms with Crippen LogP contribution in [0.2, 0.25) is 0 Å². The molecule has 0 aliphatic heterocycles. The molecule has 1 N–H and O–H groups in total. The second-order valence-electron chi connectivity index (χ2n) is 4.56. The zero-order valence-electron chi connectivity index (χ0n) is 11.3. The lowest BCUT2D eigenvalue weighted by Gasteiger charge is -2.06. The Morgan fingerprint density at radius 3 is 3.05 bits per heavy atom. The number of nitrogens with one attached hydrogen (secondary N) is 1. The molecule has 0 saturated heterocycles. The fraction of sp³-hybridized carbons (Fsp3) is 0.143. The van der Waals surface area contributed by atoms with E-state index in [2.05, 4.69) is 32.9 Å². The number of allylic oxidation sites excluding steroid dienone is 1. The van der Waals surface area contributed by atoms with Gasteiger partial charge in [0.05, 0.1) is 5.52 Å². The van der Waals surface area contributed by atoms with Gasteiger partial charge in [-0.25, -0.2) is 0 Å². The van der Waals surface area contributed by atoms with Crippen LogP contribution in [0.3, 0.4) is 0 Å². The number of aryl methyl sites for hydroxylation is 1. The van der Waals surface area contributed by atoms with Gasteiger partial charge < -0.3 is 14.3 Å². The minimum absolute atomic E-state index is 0.238. The molecule has 0 aliphatic rings. The van der Waals surface area contributed by atoms with E-state index in [0.717, 1.165) is 5.52 Å². The standard InChI is InChI=1S/C14H13BrN4O2/c1-3-5-19-9-8-12(15)21-11(9)7-10(19)14(20)16-13-4-6-18(2)17-13/h3-4,6-8H,1,5H2,2H3,(H,16,17,20). The number of carbonyl (C=O) groups excluding carboxylic acids is 1. The molecule has 21 heavy (non-hydrogen) atoms. The Bertz CT molecular complexity index is 827. The zero-order valence-corrected chi connectivity index (χ0v) is 12.9. The number of rotatable bonds is 4. The van der Waals surface area contributed by atoms with Gasteiger partial charge in [0.25, 0.3) is 5.91 Å². The first-order valence-electron chi connectivity index (χ1n) is 6.29. The molecular weight excluding hydrogens is 336 g/mol. The first kappa shape index (κ1) is 13.7. The highest BCUT2D eigenvalue weighted by atomic mass is 79.9. The highest BCUT2D eigenvalue weighted by molar-refractivity contribution is 9.10. The van der Waals surface area contributed by atoms with Gasteiger partial charge in [0.1, 0.15) is 5.69 Å². The first-order chi connectivity index (χ1) is 10.1. The van der Waals surface area contributed by atoms with E-state index in [4.69, 9.17) is 4.42 Å². The van der Waals surface area contributed by atoms with Crippen molar-refractivity contribution in [2.45, 2.75) is 6.54 Å². The summed E-state index contributed by atoms with van der Waals surface area (Å²) in [4.78, 5) is 12.4. The van der Waals surface area contributed by atoms with Crippen LogP contribution >= 0.6 is 15.9 Å². The van der Waals surface area contributed by atoms with Crippen molar-refractivity contribution in [2.75, 3.05) is 5.32 Å². The van der Waals surface area contributed by atoms with E-state index in [1.165, 1.54) is 0 Å². The largest absolute Gasteiger partial charge is 0.448 e. The topological polar surface area (TPSA) is 65.0 Å². The Morgan fingerprint density at radius 2 is 2.38 bits per heavy atom. The summed E-state index contributed by atoms with van der Waals surface area (Å²) in [6.45, 7) is 4.24. The third-order valence-electron chi connectivity index (χ3n) is 3.06. The van der Waals surface area contributed by atoms with Gasteiger partial charge >= 0.3 is 0 Å². The van der Waals surface area contributed by atoms with Crippen molar-refractivity contribution in [3.05, 3.63) is 47.4 Å². The Labute approximate surface area is 129 Å². The van der Waals surface area contributed by atoms with Crippen LogP contribution in [0.25, 0.3) is 11.1 Å². The minimum atomic E-state index is -0.238. The molecule has 108 valence electrons. The molecule has 3 aromatic heterocycles. The molecule has 0 atom stereocenters.